The zero-order valence-electron chi connectivity index (χ0n) is 28.6. The minimum absolute atomic E-state index is 1.17. The fraction of sp³-hybridized carbons (Fsp3) is 0. The number of fused-ring (bicyclic) bond motifs is 4. The maximum absolute atomic E-state index is 2.47. The maximum atomic E-state index is 2.47. The third-order valence-corrected chi connectivity index (χ3v) is 11.9. The largest absolute Gasteiger partial charge is 0.309 e. The Hall–Kier alpha value is -7.10. The Bertz CT molecular complexity index is 3290. The van der Waals surface area contributed by atoms with Crippen molar-refractivity contribution in [1.29, 1.82) is 0 Å². The van der Waals surface area contributed by atoms with Gasteiger partial charge in [0, 0.05) is 49.1 Å². The number of benzene rings is 10. The van der Waals surface area contributed by atoms with E-state index in [1.54, 1.807) is 0 Å². The molecule has 53 heavy (non-hydrogen) atoms. The van der Waals surface area contributed by atoms with Gasteiger partial charge < -0.3 is 13.7 Å². The van der Waals surface area contributed by atoms with Crippen LogP contribution >= 0.6 is 0 Å². The summed E-state index contributed by atoms with van der Waals surface area (Å²) < 4.78 is 7.40. The molecule has 0 saturated carbocycles. The first-order valence-corrected chi connectivity index (χ1v) is 18.4. The highest BCUT2D eigenvalue weighted by Crippen LogP contribution is 2.43. The molecule has 0 unspecified atom stereocenters. The zero-order chi connectivity index (χ0) is 34.4. The molecule has 3 nitrogen and oxygen atoms in total. The van der Waals surface area contributed by atoms with Crippen molar-refractivity contribution in [3.05, 3.63) is 176 Å². The molecule has 0 aliphatic rings. The molecule has 3 aromatic heterocycles. The summed E-state index contributed by atoms with van der Waals surface area (Å²) in [6.07, 6.45) is 0. The first-order valence-electron chi connectivity index (χ1n) is 18.4. The van der Waals surface area contributed by atoms with E-state index >= 15 is 0 Å². The minimum Gasteiger partial charge on any atom is -0.309 e. The van der Waals surface area contributed by atoms with Crippen LogP contribution in [0.2, 0.25) is 0 Å². The zero-order valence-corrected chi connectivity index (χ0v) is 28.6. The van der Waals surface area contributed by atoms with Gasteiger partial charge in [-0.1, -0.05) is 109 Å². The second-order valence-corrected chi connectivity index (χ2v) is 14.5. The average Bonchev–Trinajstić information content (AvgIpc) is 3.86. The molecule has 10 aromatic carbocycles. The molecule has 3 heterocycles. The van der Waals surface area contributed by atoms with Gasteiger partial charge in [0.25, 0.3) is 0 Å². The molecule has 0 aliphatic heterocycles. The lowest BCUT2D eigenvalue weighted by atomic mass is 10.0. The summed E-state index contributed by atoms with van der Waals surface area (Å²) in [5.41, 5.74) is 10.9. The molecule has 0 N–H and O–H groups in total. The quantitative estimate of drug-likeness (QED) is 0.166. The van der Waals surface area contributed by atoms with E-state index in [-0.39, 0.29) is 0 Å². The van der Waals surface area contributed by atoms with Crippen LogP contribution in [-0.2, 0) is 0 Å². The van der Waals surface area contributed by atoms with Crippen molar-refractivity contribution < 1.29 is 0 Å². The number of rotatable bonds is 3. The van der Waals surface area contributed by atoms with Crippen LogP contribution in [0.15, 0.2) is 176 Å². The van der Waals surface area contributed by atoms with E-state index in [0.29, 0.717) is 0 Å². The van der Waals surface area contributed by atoms with Crippen molar-refractivity contribution in [2.24, 2.45) is 0 Å². The highest BCUT2D eigenvalue weighted by Gasteiger charge is 2.21. The monoisotopic (exact) mass is 671 g/mol. The van der Waals surface area contributed by atoms with Crippen LogP contribution in [0.25, 0.3) is 115 Å². The first kappa shape index (κ1) is 27.6. The van der Waals surface area contributed by atoms with Gasteiger partial charge in [-0.25, -0.2) is 0 Å². The molecular formula is C50H29N3. The van der Waals surface area contributed by atoms with E-state index in [4.69, 9.17) is 0 Å². The molecule has 0 aliphatic carbocycles. The van der Waals surface area contributed by atoms with Crippen LogP contribution in [0.5, 0.6) is 0 Å². The Morgan fingerprint density at radius 3 is 1.11 bits per heavy atom. The predicted molar refractivity (Wildman–Crippen MR) is 224 cm³/mol. The van der Waals surface area contributed by atoms with Crippen molar-refractivity contribution in [3.63, 3.8) is 0 Å². The van der Waals surface area contributed by atoms with Gasteiger partial charge in [-0.15, -0.1) is 0 Å². The molecule has 0 radical (unpaired) electrons. The molecule has 0 atom stereocenters. The van der Waals surface area contributed by atoms with E-state index in [1.807, 2.05) is 0 Å². The molecule has 0 saturated heterocycles. The molecule has 3 heteroatoms. The second kappa shape index (κ2) is 9.81. The van der Waals surface area contributed by atoms with Gasteiger partial charge in [-0.2, -0.15) is 0 Å². The predicted octanol–water partition coefficient (Wildman–Crippen LogP) is 13.3. The van der Waals surface area contributed by atoms with Crippen molar-refractivity contribution in [3.8, 4) is 17.1 Å². The molecule has 0 bridgehead atoms. The van der Waals surface area contributed by atoms with Gasteiger partial charge in [0.2, 0.25) is 0 Å². The number of hydrogen-bond acceptors (Lipinski definition) is 0. The standard InChI is InChI=1S/C50H29N3/c1-2-14-37-30(8-1)9-3-15-40(37)53-41-26-24-35(51-43-16-4-10-31-20-21-32-11-5-17-44(51)48(32)47(31)43)28-38(41)39-29-36(25-27-42(39)53)52-45-18-6-12-33-22-23-34-13-7-19-46(52)50(34)49(33)45/h1-29H. The van der Waals surface area contributed by atoms with E-state index < -0.39 is 0 Å². The van der Waals surface area contributed by atoms with Crippen molar-refractivity contribution in [2.45, 2.75) is 0 Å². The topological polar surface area (TPSA) is 14.8 Å². The van der Waals surface area contributed by atoms with E-state index in [2.05, 4.69) is 190 Å². The number of nitrogens with zero attached hydrogens (tertiary/aromatic N) is 3. The van der Waals surface area contributed by atoms with Gasteiger partial charge in [0.05, 0.1) is 38.8 Å². The highest BCUT2D eigenvalue weighted by atomic mass is 15.0. The van der Waals surface area contributed by atoms with Gasteiger partial charge >= 0.3 is 0 Å². The SMILES string of the molecule is c1ccc2c(-n3c4ccc(-n5c6cccc7ccc8cccc5c8c76)cc4c4cc(-n5c6cccc7ccc8cccc5c8c76)ccc43)cccc2c1. The summed E-state index contributed by atoms with van der Waals surface area (Å²) in [4.78, 5) is 0. The fourth-order valence-electron chi connectivity index (χ4n) is 9.74. The minimum atomic E-state index is 1.17. The van der Waals surface area contributed by atoms with Crippen LogP contribution in [0.3, 0.4) is 0 Å². The van der Waals surface area contributed by atoms with Gasteiger partial charge in [0.1, 0.15) is 0 Å². The van der Waals surface area contributed by atoms with E-state index in [9.17, 15) is 0 Å². The Labute approximate surface area is 303 Å². The Kier molecular flexibility index (Phi) is 5.11. The Morgan fingerprint density at radius 1 is 0.245 bits per heavy atom. The van der Waals surface area contributed by atoms with Crippen molar-refractivity contribution in [1.82, 2.24) is 13.7 Å². The summed E-state index contributed by atoms with van der Waals surface area (Å²) in [5.74, 6) is 0. The number of hydrogen-bond donors (Lipinski definition) is 0. The third-order valence-electron chi connectivity index (χ3n) is 11.9. The second-order valence-electron chi connectivity index (χ2n) is 14.5. The van der Waals surface area contributed by atoms with Crippen LogP contribution in [0.4, 0.5) is 0 Å². The van der Waals surface area contributed by atoms with Gasteiger partial charge in [0.15, 0.2) is 0 Å². The lowest BCUT2D eigenvalue weighted by molar-refractivity contribution is 1.17. The molecule has 0 amide bonds. The lowest BCUT2D eigenvalue weighted by Crippen LogP contribution is -1.97. The molecular weight excluding hydrogens is 643 g/mol. The van der Waals surface area contributed by atoms with Gasteiger partial charge in [-0.05, 0) is 93.7 Å². The van der Waals surface area contributed by atoms with E-state index in [1.165, 1.54) is 115 Å². The van der Waals surface area contributed by atoms with Crippen LogP contribution in [0, 0.1) is 0 Å². The normalized spacial score (nSPS) is 12.5. The molecule has 244 valence electrons. The summed E-state index contributed by atoms with van der Waals surface area (Å²) in [6.45, 7) is 0. The first-order chi connectivity index (χ1) is 26.3. The lowest BCUT2D eigenvalue weighted by Gasteiger charge is -2.13. The molecule has 13 rings (SSSR count). The molecule has 13 aromatic rings. The van der Waals surface area contributed by atoms with Crippen LogP contribution in [-0.4, -0.2) is 13.7 Å². The summed E-state index contributed by atoms with van der Waals surface area (Å²) >= 11 is 0. The summed E-state index contributed by atoms with van der Waals surface area (Å²) in [7, 11) is 0. The smallest absolute Gasteiger partial charge is 0.0547 e. The fourth-order valence-corrected chi connectivity index (χ4v) is 9.74. The van der Waals surface area contributed by atoms with Crippen LogP contribution < -0.4 is 0 Å². The van der Waals surface area contributed by atoms with E-state index in [0.717, 1.165) is 0 Å². The highest BCUT2D eigenvalue weighted by molar-refractivity contribution is 6.25. The summed E-state index contributed by atoms with van der Waals surface area (Å²) in [5, 5.41) is 15.4. The Morgan fingerprint density at radius 2 is 0.642 bits per heavy atom. The Balaban J connectivity index is 1.16. The van der Waals surface area contributed by atoms with Crippen molar-refractivity contribution in [2.75, 3.05) is 0 Å². The maximum Gasteiger partial charge on any atom is 0.0547 e. The van der Waals surface area contributed by atoms with Crippen LogP contribution in [0.1, 0.15) is 0 Å². The van der Waals surface area contributed by atoms with Gasteiger partial charge in [-0.3, -0.25) is 0 Å². The molecule has 0 spiro atoms. The summed E-state index contributed by atoms with van der Waals surface area (Å²) in [6, 6.07) is 65.4. The van der Waals surface area contributed by atoms with Crippen molar-refractivity contribution >= 4 is 97.7 Å². The molecule has 0 fully saturated rings. The third kappa shape index (κ3) is 3.49. The number of aromatic nitrogens is 3. The average molecular weight is 672 g/mol.